The minimum Gasteiger partial charge on any atom is -0.394 e. The molecule has 6 N–H and O–H groups in total. The van der Waals surface area contributed by atoms with Gasteiger partial charge in [0.05, 0.1) is 25.4 Å². The first-order chi connectivity index (χ1) is 30.5. The third-order valence-electron chi connectivity index (χ3n) is 12.3. The first-order valence-corrected chi connectivity index (χ1v) is 27.1. The third kappa shape index (κ3) is 33.7. The third-order valence-corrected chi connectivity index (χ3v) is 12.7. The number of aliphatic hydroxyl groups excluding tert-OH is 4. The summed E-state index contributed by atoms with van der Waals surface area (Å²) in [5.41, 5.74) is 0. The zero-order valence-electron chi connectivity index (χ0n) is 39.9. The molecule has 0 aliphatic carbocycles. The van der Waals surface area contributed by atoms with Gasteiger partial charge in [-0.25, -0.2) is 4.18 Å². The minimum absolute atomic E-state index is 0.233. The summed E-state index contributed by atoms with van der Waals surface area (Å²) in [6.45, 7) is 3.42. The molecular weight excluding hydrogens is 823 g/mol. The number of allylic oxidation sites excluding steroid dienone is 4. The highest BCUT2D eigenvalue weighted by Gasteiger charge is 2.48. The van der Waals surface area contributed by atoms with Gasteiger partial charge in [0.1, 0.15) is 24.4 Å². The predicted octanol–water partition coefficient (Wildman–Crippen LogP) is 10.9. The van der Waals surface area contributed by atoms with Crippen LogP contribution in [0.3, 0.4) is 0 Å². The molecule has 1 amide bonds. The molecule has 1 fully saturated rings. The van der Waals surface area contributed by atoms with E-state index >= 15 is 0 Å². The lowest BCUT2D eigenvalue weighted by atomic mass is 9.99. The molecule has 1 rings (SSSR count). The Balaban J connectivity index is 2.29. The molecule has 0 aromatic rings. The van der Waals surface area contributed by atoms with Gasteiger partial charge in [-0.2, -0.15) is 8.42 Å². The van der Waals surface area contributed by atoms with Gasteiger partial charge in [-0.1, -0.05) is 205 Å². The second kappa shape index (κ2) is 40.8. The van der Waals surface area contributed by atoms with Crippen molar-refractivity contribution in [2.75, 3.05) is 13.2 Å². The lowest BCUT2D eigenvalue weighted by molar-refractivity contribution is -0.298. The summed E-state index contributed by atoms with van der Waals surface area (Å²) in [7, 11) is -5.07. The van der Waals surface area contributed by atoms with Crippen molar-refractivity contribution in [2.24, 2.45) is 0 Å². The van der Waals surface area contributed by atoms with E-state index in [9.17, 15) is 38.2 Å². The highest BCUT2D eigenvalue weighted by Crippen LogP contribution is 2.26. The first-order valence-electron chi connectivity index (χ1n) is 25.7. The second-order valence-electron chi connectivity index (χ2n) is 18.1. The molecule has 0 spiro atoms. The molecule has 1 saturated heterocycles. The summed E-state index contributed by atoms with van der Waals surface area (Å²) in [5.74, 6) is -0.233. The molecule has 7 atom stereocenters. The van der Waals surface area contributed by atoms with Gasteiger partial charge in [-0.3, -0.25) is 9.35 Å². The number of unbranched alkanes of at least 4 members (excludes halogenated alkanes) is 28. The number of carbonyl (C=O) groups excluding carboxylic acids is 1. The zero-order valence-corrected chi connectivity index (χ0v) is 40.7. The Morgan fingerprint density at radius 2 is 1.06 bits per heavy atom. The van der Waals surface area contributed by atoms with E-state index < -0.39 is 59.9 Å². The fourth-order valence-corrected chi connectivity index (χ4v) is 8.76. The molecule has 13 heteroatoms. The molecule has 372 valence electrons. The number of nitrogens with one attached hydrogen (secondary N) is 1. The standard InChI is InChI=1S/C50H95NO11S/c1-3-5-7-9-11-13-14-15-16-17-18-19-20-21-22-23-24-25-26-27-28-29-30-32-34-36-38-40-46(54)51-43(44(53)39-37-35-33-31-12-10-8-6-4-2)42-60-50-48(56)49(62-63(57,58)59)47(55)45(41-52)61-50/h18-19,21-22,43-45,47-50,52-53,55-56H,3-17,20,23-42H2,1-2H3,(H,51,54)(H,57,58,59)/b19-18-,22-21-. The largest absolute Gasteiger partial charge is 0.397 e. The molecule has 0 saturated carbocycles. The van der Waals surface area contributed by atoms with E-state index in [1.165, 1.54) is 148 Å². The van der Waals surface area contributed by atoms with Crippen LogP contribution in [-0.2, 0) is 28.9 Å². The topological polar surface area (TPSA) is 192 Å². The normalized spacial score (nSPS) is 20.5. The lowest BCUT2D eigenvalue weighted by Gasteiger charge is -2.41. The van der Waals surface area contributed by atoms with Crippen LogP contribution in [0, 0.1) is 0 Å². The van der Waals surface area contributed by atoms with Crippen molar-refractivity contribution >= 4 is 16.3 Å². The van der Waals surface area contributed by atoms with Crippen molar-refractivity contribution in [1.29, 1.82) is 0 Å². The molecule has 12 nitrogen and oxygen atoms in total. The fourth-order valence-electron chi connectivity index (χ4n) is 8.25. The number of hydrogen-bond donors (Lipinski definition) is 6. The maximum Gasteiger partial charge on any atom is 0.397 e. The summed E-state index contributed by atoms with van der Waals surface area (Å²) >= 11 is 0. The van der Waals surface area contributed by atoms with Gasteiger partial charge in [0.2, 0.25) is 5.91 Å². The van der Waals surface area contributed by atoms with E-state index in [4.69, 9.17) is 9.47 Å². The van der Waals surface area contributed by atoms with Crippen LogP contribution in [0.5, 0.6) is 0 Å². The van der Waals surface area contributed by atoms with Gasteiger partial charge >= 0.3 is 10.4 Å². The number of rotatable bonds is 44. The monoisotopic (exact) mass is 918 g/mol. The van der Waals surface area contributed by atoms with Crippen molar-refractivity contribution < 1.29 is 51.8 Å². The maximum absolute atomic E-state index is 13.0. The van der Waals surface area contributed by atoms with Crippen LogP contribution in [0.4, 0.5) is 0 Å². The molecule has 0 bridgehead atoms. The fraction of sp³-hybridized carbons (Fsp3) is 0.900. The van der Waals surface area contributed by atoms with E-state index in [1.807, 2.05) is 0 Å². The lowest BCUT2D eigenvalue weighted by Crippen LogP contribution is -2.61. The Bertz CT molecular complexity index is 1220. The number of hydrogen-bond acceptors (Lipinski definition) is 10. The SMILES string of the molecule is CCCCCCCCCCC/C=C\C/C=C\CCCCCCCCCCCCCC(=O)NC(COC1OC(CO)C(O)C(OS(=O)(=O)O)C1O)C(O)CCCCCCCCCCC. The van der Waals surface area contributed by atoms with Gasteiger partial charge in [-0.15, -0.1) is 0 Å². The molecule has 0 radical (unpaired) electrons. The maximum atomic E-state index is 13.0. The Labute approximate surface area is 384 Å². The van der Waals surface area contributed by atoms with Crippen molar-refractivity contribution in [3.63, 3.8) is 0 Å². The minimum atomic E-state index is -5.07. The Morgan fingerprint density at radius 3 is 1.51 bits per heavy atom. The number of amides is 1. The summed E-state index contributed by atoms with van der Waals surface area (Å²) in [6.07, 6.45) is 39.2. The average molecular weight is 918 g/mol. The predicted molar refractivity (Wildman–Crippen MR) is 255 cm³/mol. The van der Waals surface area contributed by atoms with Gasteiger partial charge in [-0.05, 0) is 44.9 Å². The van der Waals surface area contributed by atoms with E-state index in [0.717, 1.165) is 51.4 Å². The zero-order chi connectivity index (χ0) is 46.2. The van der Waals surface area contributed by atoms with Crippen LogP contribution in [-0.4, -0.2) is 95.4 Å². The Hall–Kier alpha value is -1.42. The highest BCUT2D eigenvalue weighted by molar-refractivity contribution is 7.80. The smallest absolute Gasteiger partial charge is 0.394 e. The number of carbonyl (C=O) groups is 1. The van der Waals surface area contributed by atoms with Crippen LogP contribution < -0.4 is 5.32 Å². The van der Waals surface area contributed by atoms with Gasteiger partial charge in [0.15, 0.2) is 6.29 Å². The molecule has 7 unspecified atom stereocenters. The molecule has 0 aromatic heterocycles. The molecular formula is C50H95NO11S. The molecule has 1 heterocycles. The first kappa shape index (κ1) is 59.6. The van der Waals surface area contributed by atoms with Crippen molar-refractivity contribution in [1.82, 2.24) is 5.32 Å². The van der Waals surface area contributed by atoms with Crippen molar-refractivity contribution in [2.45, 2.75) is 275 Å². The van der Waals surface area contributed by atoms with Crippen LogP contribution >= 0.6 is 0 Å². The van der Waals surface area contributed by atoms with Crippen LogP contribution in [0.2, 0.25) is 0 Å². The van der Waals surface area contributed by atoms with Crippen LogP contribution in [0.25, 0.3) is 0 Å². The molecule has 1 aliphatic rings. The second-order valence-corrected chi connectivity index (χ2v) is 19.2. The van der Waals surface area contributed by atoms with Crippen molar-refractivity contribution in [3.05, 3.63) is 24.3 Å². The summed E-state index contributed by atoms with van der Waals surface area (Å²) < 4.78 is 47.6. The van der Waals surface area contributed by atoms with Crippen LogP contribution in [0.15, 0.2) is 24.3 Å². The quantitative estimate of drug-likeness (QED) is 0.0194. The Morgan fingerprint density at radius 1 is 0.635 bits per heavy atom. The highest BCUT2D eigenvalue weighted by atomic mass is 32.3. The summed E-state index contributed by atoms with van der Waals surface area (Å²) in [6, 6.07) is -0.856. The number of ether oxygens (including phenoxy) is 2. The van der Waals surface area contributed by atoms with Gasteiger partial charge in [0, 0.05) is 6.42 Å². The van der Waals surface area contributed by atoms with Gasteiger partial charge < -0.3 is 35.2 Å². The summed E-state index contributed by atoms with van der Waals surface area (Å²) in [5, 5.41) is 44.8. The molecule has 1 aliphatic heterocycles. The molecule has 63 heavy (non-hydrogen) atoms. The number of aliphatic hydroxyl groups is 4. The van der Waals surface area contributed by atoms with E-state index in [1.54, 1.807) is 0 Å². The van der Waals surface area contributed by atoms with E-state index in [2.05, 4.69) is 47.7 Å². The average Bonchev–Trinajstić information content (AvgIpc) is 3.25. The summed E-state index contributed by atoms with van der Waals surface area (Å²) in [4.78, 5) is 13.0. The van der Waals surface area contributed by atoms with E-state index in [0.29, 0.717) is 12.8 Å². The molecule has 0 aromatic carbocycles. The van der Waals surface area contributed by atoms with Crippen molar-refractivity contribution in [3.8, 4) is 0 Å². The van der Waals surface area contributed by atoms with Gasteiger partial charge in [0.25, 0.3) is 0 Å². The van der Waals surface area contributed by atoms with E-state index in [-0.39, 0.29) is 18.9 Å². The Kier molecular flexibility index (Phi) is 38.6. The van der Waals surface area contributed by atoms with Crippen LogP contribution in [0.1, 0.15) is 232 Å².